The lowest BCUT2D eigenvalue weighted by Gasteiger charge is -2.46. The van der Waals surface area contributed by atoms with Crippen molar-refractivity contribution in [3.63, 3.8) is 0 Å². The molecule has 16 nitrogen and oxygen atoms in total. The first-order valence-electron chi connectivity index (χ1n) is 29.2. The first-order chi connectivity index (χ1) is 35.5. The Labute approximate surface area is 443 Å². The Bertz CT molecular complexity index is 2190. The van der Waals surface area contributed by atoms with Crippen LogP contribution in [0.15, 0.2) is 0 Å². The van der Waals surface area contributed by atoms with Gasteiger partial charge in [0.15, 0.2) is 0 Å². The minimum absolute atomic E-state index is 0.0398. The molecule has 0 aromatic rings. The predicted octanol–water partition coefficient (Wildman–Crippen LogP) is 6.86. The molecule has 10 rings (SSSR count). The van der Waals surface area contributed by atoms with Gasteiger partial charge in [0, 0.05) is 19.6 Å². The highest BCUT2D eigenvalue weighted by atomic mass is 16.6. The van der Waals surface area contributed by atoms with Gasteiger partial charge in [0.2, 0.25) is 0 Å². The quantitative estimate of drug-likeness (QED) is 0.0814. The lowest BCUT2D eigenvalue weighted by molar-refractivity contribution is -0.174. The van der Waals surface area contributed by atoms with E-state index in [1.165, 1.54) is 0 Å². The van der Waals surface area contributed by atoms with Crippen molar-refractivity contribution in [2.24, 2.45) is 136 Å². The van der Waals surface area contributed by atoms with Gasteiger partial charge in [0.1, 0.15) is 24.4 Å². The van der Waals surface area contributed by atoms with Crippen molar-refractivity contribution in [3.05, 3.63) is 0 Å². The lowest BCUT2D eigenvalue weighted by Crippen LogP contribution is -2.47. The molecule has 10 fully saturated rings. The summed E-state index contributed by atoms with van der Waals surface area (Å²) >= 11 is 0. The molecule has 418 valence electrons. The minimum Gasteiger partial charge on any atom is -0.481 e. The second kappa shape index (κ2) is 21.2. The molecule has 10 aliphatic rings. The van der Waals surface area contributed by atoms with E-state index < -0.39 is 70.6 Å². The zero-order chi connectivity index (χ0) is 53.6. The van der Waals surface area contributed by atoms with E-state index in [-0.39, 0.29) is 109 Å². The van der Waals surface area contributed by atoms with Crippen molar-refractivity contribution in [1.82, 2.24) is 4.90 Å². The molecule has 16 heteroatoms. The zero-order valence-electron chi connectivity index (χ0n) is 45.9. The number of carbonyl (C=O) groups is 7. The molecular formula is C59H87NO15. The number of nitrogens with zero attached hydrogens (tertiary/aromatic N) is 1. The van der Waals surface area contributed by atoms with Crippen LogP contribution in [0.4, 0.5) is 0 Å². The van der Waals surface area contributed by atoms with Gasteiger partial charge in [-0.15, -0.1) is 0 Å². The van der Waals surface area contributed by atoms with Crippen LogP contribution >= 0.6 is 0 Å². The molecule has 2 heterocycles. The molecule has 2 aliphatic heterocycles. The second-order valence-corrected chi connectivity index (χ2v) is 27.6. The zero-order valence-corrected chi connectivity index (χ0v) is 45.9. The third-order valence-electron chi connectivity index (χ3n) is 21.8. The van der Waals surface area contributed by atoms with E-state index in [0.717, 1.165) is 58.0 Å². The standard InChI is InChI=1S/C59H87NO15/c1-28-30-17-37(48(18-30)55(67)74-58(3,4)5)33(28)23-35-32-20-39(47(22-32)53(65)72-16-12-61)40(35)25-36-31-19-38(46(21-31)51(62)63)41(36)26-43-42(24-34-29(2)52(64)73-54(34)66)44-27-45(43)50(57(69)75-59(6,7)8)49(44)56(68)71-15-11-60-9-13-70-14-10-60/h28-50,61H,9-27H2,1-8H3,(H,62,63). The van der Waals surface area contributed by atoms with Crippen LogP contribution in [0.3, 0.4) is 0 Å². The summed E-state index contributed by atoms with van der Waals surface area (Å²) < 4.78 is 34.7. The Morgan fingerprint density at radius 2 is 1.05 bits per heavy atom. The number of morpholine rings is 1. The summed E-state index contributed by atoms with van der Waals surface area (Å²) in [5.41, 5.74) is -1.41. The maximum absolute atomic E-state index is 14.7. The monoisotopic (exact) mass is 1050 g/mol. The Morgan fingerprint density at radius 1 is 0.560 bits per heavy atom. The molecule has 2 saturated heterocycles. The third-order valence-corrected chi connectivity index (χ3v) is 21.8. The largest absolute Gasteiger partial charge is 0.481 e. The Morgan fingerprint density at radius 3 is 1.64 bits per heavy atom. The van der Waals surface area contributed by atoms with Crippen molar-refractivity contribution < 1.29 is 72.2 Å². The maximum atomic E-state index is 14.7. The molecule has 75 heavy (non-hydrogen) atoms. The Kier molecular flexibility index (Phi) is 15.5. The summed E-state index contributed by atoms with van der Waals surface area (Å²) in [5.74, 6) is -5.71. The second-order valence-electron chi connectivity index (χ2n) is 27.6. The highest BCUT2D eigenvalue weighted by Crippen LogP contribution is 2.69. The van der Waals surface area contributed by atoms with Gasteiger partial charge in [0.25, 0.3) is 0 Å². The average molecular weight is 1050 g/mol. The topological polar surface area (TPSA) is 219 Å². The van der Waals surface area contributed by atoms with Crippen LogP contribution in [0.25, 0.3) is 0 Å². The summed E-state index contributed by atoms with van der Waals surface area (Å²) in [6.45, 7) is 18.4. The molecule has 0 radical (unpaired) electrons. The summed E-state index contributed by atoms with van der Waals surface area (Å²) in [5, 5.41) is 20.5. The number of hydrogen-bond acceptors (Lipinski definition) is 15. The van der Waals surface area contributed by atoms with Crippen LogP contribution in [0, 0.1) is 136 Å². The fourth-order valence-corrected chi connectivity index (χ4v) is 19.0. The van der Waals surface area contributed by atoms with Gasteiger partial charge in [-0.3, -0.25) is 38.5 Å². The van der Waals surface area contributed by atoms with Gasteiger partial charge < -0.3 is 38.6 Å². The summed E-state index contributed by atoms with van der Waals surface area (Å²) in [6.07, 6.45) is 8.16. The molecule has 8 saturated carbocycles. The predicted molar refractivity (Wildman–Crippen MR) is 269 cm³/mol. The van der Waals surface area contributed by atoms with Gasteiger partial charge in [-0.1, -0.05) is 13.8 Å². The van der Waals surface area contributed by atoms with Crippen molar-refractivity contribution in [2.45, 2.75) is 137 Å². The molecule has 2 N–H and O–H groups in total. The van der Waals surface area contributed by atoms with Gasteiger partial charge in [0.05, 0.1) is 61.2 Å². The molecule has 0 aromatic heterocycles. The molecule has 23 atom stereocenters. The molecule has 23 unspecified atom stereocenters. The van der Waals surface area contributed by atoms with E-state index in [1.807, 2.05) is 41.5 Å². The van der Waals surface area contributed by atoms with Gasteiger partial charge in [-0.2, -0.15) is 0 Å². The van der Waals surface area contributed by atoms with E-state index in [9.17, 15) is 43.8 Å². The fourth-order valence-electron chi connectivity index (χ4n) is 19.0. The smallest absolute Gasteiger partial charge is 0.317 e. The van der Waals surface area contributed by atoms with Gasteiger partial charge in [-0.25, -0.2) is 0 Å². The average Bonchev–Trinajstić information content (AvgIpc) is 4.26. The van der Waals surface area contributed by atoms with Crippen LogP contribution in [-0.4, -0.2) is 121 Å². The Balaban J connectivity index is 0.963. The fraction of sp³-hybridized carbons (Fsp3) is 0.881. The first kappa shape index (κ1) is 54.7. The summed E-state index contributed by atoms with van der Waals surface area (Å²) in [4.78, 5) is 98.8. The molecule has 0 amide bonds. The number of carboxylic acid groups (broad SMARTS) is 1. The highest BCUT2D eigenvalue weighted by molar-refractivity contribution is 5.96. The molecular weight excluding hydrogens is 963 g/mol. The van der Waals surface area contributed by atoms with Crippen LogP contribution in [-0.2, 0) is 62.0 Å². The van der Waals surface area contributed by atoms with Crippen LogP contribution in [0.2, 0.25) is 0 Å². The van der Waals surface area contributed by atoms with Crippen molar-refractivity contribution in [1.29, 1.82) is 0 Å². The van der Waals surface area contributed by atoms with E-state index >= 15 is 0 Å². The number of ether oxygens (including phenoxy) is 6. The van der Waals surface area contributed by atoms with Crippen molar-refractivity contribution in [3.8, 4) is 0 Å². The number of aliphatic carboxylic acids is 1. The number of aliphatic hydroxyl groups excluding tert-OH is 1. The number of aliphatic hydroxyl groups is 1. The SMILES string of the molecule is CC1C(=O)OC(=O)C1CC1C(CC2C(CC3C(CC4C(C)C5CC(C(=O)OC(C)(C)C)C4C5)C4CC(C(=O)OCCO)C3C4)C3CC(C(=O)O)C2C3)C2CC1C(C(=O)OCCN1CCOCC1)C2C(=O)OC(C)(C)C. The van der Waals surface area contributed by atoms with E-state index in [1.54, 1.807) is 6.92 Å². The van der Waals surface area contributed by atoms with Crippen LogP contribution in [0.1, 0.15) is 126 Å². The highest BCUT2D eigenvalue weighted by Gasteiger charge is 2.67. The van der Waals surface area contributed by atoms with Crippen molar-refractivity contribution >= 4 is 41.8 Å². The number of carbonyl (C=O) groups excluding carboxylic acids is 6. The summed E-state index contributed by atoms with van der Waals surface area (Å²) in [6, 6.07) is 0. The minimum atomic E-state index is -0.835. The number of esters is 6. The van der Waals surface area contributed by atoms with Gasteiger partial charge >= 0.3 is 41.8 Å². The lowest BCUT2D eigenvalue weighted by atomic mass is 9.58. The van der Waals surface area contributed by atoms with Gasteiger partial charge in [-0.05, 0) is 207 Å². The van der Waals surface area contributed by atoms with Crippen LogP contribution in [0.5, 0.6) is 0 Å². The summed E-state index contributed by atoms with van der Waals surface area (Å²) in [7, 11) is 0. The molecule has 8 aliphatic carbocycles. The Hall–Kier alpha value is -3.63. The van der Waals surface area contributed by atoms with Crippen molar-refractivity contribution in [2.75, 3.05) is 52.7 Å². The molecule has 0 aromatic carbocycles. The normalized spacial score (nSPS) is 43.6. The first-order valence-corrected chi connectivity index (χ1v) is 29.2. The number of rotatable bonds is 18. The molecule has 8 bridgehead atoms. The number of fused-ring (bicyclic) bond motifs is 8. The van der Waals surface area contributed by atoms with E-state index in [0.29, 0.717) is 75.0 Å². The van der Waals surface area contributed by atoms with E-state index in [2.05, 4.69) is 11.8 Å². The number of hydrogen-bond donors (Lipinski definition) is 2. The number of carboxylic acids is 1. The number of cyclic esters (lactones) is 2. The molecule has 0 spiro atoms. The maximum Gasteiger partial charge on any atom is 0.317 e. The van der Waals surface area contributed by atoms with E-state index in [4.69, 9.17) is 28.4 Å². The third kappa shape index (κ3) is 10.6. The van der Waals surface area contributed by atoms with Crippen LogP contribution < -0.4 is 0 Å².